The van der Waals surface area contributed by atoms with E-state index in [4.69, 9.17) is 19.2 Å². The summed E-state index contributed by atoms with van der Waals surface area (Å²) in [5, 5.41) is 11.0. The summed E-state index contributed by atoms with van der Waals surface area (Å²) < 4.78 is 18.8. The van der Waals surface area contributed by atoms with E-state index >= 15 is 0 Å². The van der Waals surface area contributed by atoms with Crippen LogP contribution in [0.25, 0.3) is 11.8 Å². The monoisotopic (exact) mass is 585 g/mol. The van der Waals surface area contributed by atoms with Crippen LogP contribution in [-0.4, -0.2) is 29.2 Å². The van der Waals surface area contributed by atoms with Crippen molar-refractivity contribution in [3.8, 4) is 11.5 Å². The van der Waals surface area contributed by atoms with Crippen molar-refractivity contribution in [3.63, 3.8) is 0 Å². The van der Waals surface area contributed by atoms with E-state index in [0.29, 0.717) is 44.3 Å². The first-order valence-electron chi connectivity index (χ1n) is 13.1. The Morgan fingerprint density at radius 3 is 2.50 bits per heavy atom. The number of rotatable bonds is 9. The Labute approximate surface area is 244 Å². The predicted octanol–water partition coefficient (Wildman–Crippen LogP) is 4.40. The summed E-state index contributed by atoms with van der Waals surface area (Å²) in [5.74, 6) is 0.435. The van der Waals surface area contributed by atoms with Crippen LogP contribution in [0.1, 0.15) is 36.6 Å². The van der Waals surface area contributed by atoms with Crippen LogP contribution >= 0.6 is 11.3 Å². The Kier molecular flexibility index (Phi) is 8.30. The fourth-order valence-electron chi connectivity index (χ4n) is 4.61. The number of esters is 1. The van der Waals surface area contributed by atoms with E-state index in [9.17, 15) is 19.7 Å². The van der Waals surface area contributed by atoms with Gasteiger partial charge >= 0.3 is 5.97 Å². The van der Waals surface area contributed by atoms with Crippen molar-refractivity contribution < 1.29 is 23.9 Å². The first-order valence-corrected chi connectivity index (χ1v) is 13.9. The molecule has 1 aliphatic rings. The summed E-state index contributed by atoms with van der Waals surface area (Å²) in [6.07, 6.45) is 1.64. The molecule has 0 amide bonds. The third-order valence-corrected chi connectivity index (χ3v) is 7.67. The molecule has 1 atom stereocenters. The van der Waals surface area contributed by atoms with Crippen LogP contribution in [-0.2, 0) is 16.1 Å². The number of fused-ring (bicyclic) bond motifs is 1. The van der Waals surface area contributed by atoms with Gasteiger partial charge in [0.15, 0.2) is 16.3 Å². The minimum Gasteiger partial charge on any atom is -0.493 e. The fraction of sp³-hybridized carbons (Fsp3) is 0.194. The smallest absolute Gasteiger partial charge is 0.338 e. The van der Waals surface area contributed by atoms with Crippen molar-refractivity contribution in [1.29, 1.82) is 0 Å². The minimum absolute atomic E-state index is 0.0445. The van der Waals surface area contributed by atoms with E-state index in [1.807, 2.05) is 36.4 Å². The van der Waals surface area contributed by atoms with Crippen molar-refractivity contribution in [2.75, 3.05) is 13.7 Å². The normalized spacial score (nSPS) is 14.6. The van der Waals surface area contributed by atoms with E-state index in [0.717, 1.165) is 5.56 Å². The van der Waals surface area contributed by atoms with Gasteiger partial charge in [-0.3, -0.25) is 19.5 Å². The molecule has 0 radical (unpaired) electrons. The lowest BCUT2D eigenvalue weighted by atomic mass is 9.96. The second-order valence-corrected chi connectivity index (χ2v) is 10.3. The maximum Gasteiger partial charge on any atom is 0.338 e. The molecule has 1 aliphatic heterocycles. The number of hydrogen-bond donors (Lipinski definition) is 0. The van der Waals surface area contributed by atoms with Crippen LogP contribution < -0.4 is 24.4 Å². The quantitative estimate of drug-likeness (QED) is 0.162. The molecule has 11 heteroatoms. The van der Waals surface area contributed by atoms with Crippen LogP contribution in [0.4, 0.5) is 5.69 Å². The lowest BCUT2D eigenvalue weighted by Crippen LogP contribution is -2.35. The number of carbonyl (C=O) groups is 1. The number of allylic oxidation sites excluding steroid dienone is 1. The van der Waals surface area contributed by atoms with E-state index in [2.05, 4.69) is 0 Å². The van der Waals surface area contributed by atoms with Crippen LogP contribution in [0.15, 0.2) is 88.2 Å². The van der Waals surface area contributed by atoms with Crippen molar-refractivity contribution in [3.05, 3.63) is 125 Å². The van der Waals surface area contributed by atoms with Gasteiger partial charge in [0.2, 0.25) is 0 Å². The number of aromatic nitrogens is 1. The summed E-state index contributed by atoms with van der Waals surface area (Å²) in [5.41, 5.74) is 2.55. The number of hydrogen-bond acceptors (Lipinski definition) is 9. The highest BCUT2D eigenvalue weighted by atomic mass is 32.1. The molecule has 5 rings (SSSR count). The van der Waals surface area contributed by atoms with Gasteiger partial charge in [-0.1, -0.05) is 47.7 Å². The molecule has 0 bridgehead atoms. The van der Waals surface area contributed by atoms with Crippen molar-refractivity contribution in [2.24, 2.45) is 4.99 Å². The largest absolute Gasteiger partial charge is 0.493 e. The average molecular weight is 586 g/mol. The van der Waals surface area contributed by atoms with Crippen molar-refractivity contribution >= 4 is 34.8 Å². The molecule has 0 saturated carbocycles. The minimum atomic E-state index is -0.758. The molecule has 4 aromatic rings. The number of methoxy groups -OCH3 is 1. The number of nitrogens with zero attached hydrogens (tertiary/aromatic N) is 3. The van der Waals surface area contributed by atoms with Gasteiger partial charge in [-0.2, -0.15) is 0 Å². The van der Waals surface area contributed by atoms with Gasteiger partial charge in [0.25, 0.3) is 11.2 Å². The lowest BCUT2D eigenvalue weighted by Gasteiger charge is -2.23. The highest BCUT2D eigenvalue weighted by molar-refractivity contribution is 7.07. The Morgan fingerprint density at radius 1 is 1.10 bits per heavy atom. The molecule has 3 aromatic carbocycles. The second kappa shape index (κ2) is 12.2. The second-order valence-electron chi connectivity index (χ2n) is 9.32. The summed E-state index contributed by atoms with van der Waals surface area (Å²) in [6.45, 7) is 3.91. The van der Waals surface area contributed by atoms with Crippen LogP contribution in [0.2, 0.25) is 0 Å². The molecule has 0 N–H and O–H groups in total. The average Bonchev–Trinajstić information content (AvgIpc) is 3.31. The molecule has 1 aromatic heterocycles. The Hall–Kier alpha value is -5.03. The predicted molar refractivity (Wildman–Crippen MR) is 158 cm³/mol. The first-order chi connectivity index (χ1) is 20.3. The third kappa shape index (κ3) is 5.72. The van der Waals surface area contributed by atoms with E-state index < -0.39 is 16.9 Å². The van der Waals surface area contributed by atoms with Crippen LogP contribution in [0.3, 0.4) is 0 Å². The van der Waals surface area contributed by atoms with E-state index in [-0.39, 0.29) is 23.4 Å². The molecule has 0 aliphatic carbocycles. The number of nitro benzene ring substituents is 1. The first kappa shape index (κ1) is 28.5. The lowest BCUT2D eigenvalue weighted by molar-refractivity contribution is -0.384. The summed E-state index contributed by atoms with van der Waals surface area (Å²) in [6, 6.07) is 20.2. The molecule has 0 spiro atoms. The number of carbonyl (C=O) groups excluding carboxylic acids is 1. The Morgan fingerprint density at radius 2 is 1.83 bits per heavy atom. The molecule has 10 nitrogen and oxygen atoms in total. The van der Waals surface area contributed by atoms with Crippen LogP contribution in [0, 0.1) is 10.1 Å². The molecule has 0 saturated heterocycles. The van der Waals surface area contributed by atoms with Gasteiger partial charge < -0.3 is 14.2 Å². The molecule has 0 fully saturated rings. The molecule has 2 heterocycles. The summed E-state index contributed by atoms with van der Waals surface area (Å²) in [7, 11) is 1.54. The SMILES string of the molecule is CCOC(=O)C1=C(C)n2c(s/c(=C\c3ccc([N+](=O)[O-])cc3)c2=O)=N[C@@H]1c1ccc(OCc2ccccc2)c(OC)c1. The maximum atomic E-state index is 13.5. The Bertz CT molecular complexity index is 1860. The number of benzene rings is 3. The van der Waals surface area contributed by atoms with Gasteiger partial charge in [-0.25, -0.2) is 9.79 Å². The Balaban J connectivity index is 1.57. The van der Waals surface area contributed by atoms with Crippen molar-refractivity contribution in [1.82, 2.24) is 4.57 Å². The highest BCUT2D eigenvalue weighted by Crippen LogP contribution is 2.37. The topological polar surface area (TPSA) is 122 Å². The van der Waals surface area contributed by atoms with E-state index in [1.54, 1.807) is 44.2 Å². The van der Waals surface area contributed by atoms with Gasteiger partial charge in [0.05, 0.1) is 28.7 Å². The summed E-state index contributed by atoms with van der Waals surface area (Å²) >= 11 is 1.17. The standard InChI is InChI=1S/C31H27N3O7S/c1-4-40-30(36)27-19(2)33-29(35)26(16-20-10-13-23(14-11-20)34(37)38)42-31(33)32-28(27)22-12-15-24(25(17-22)39-3)41-18-21-8-6-5-7-9-21/h5-17,28H,4,18H2,1-3H3/b26-16-/t28-/m1/s1. The number of nitro groups is 1. The molecular formula is C31H27N3O7S. The summed E-state index contributed by atoms with van der Waals surface area (Å²) in [4.78, 5) is 42.4. The zero-order valence-corrected chi connectivity index (χ0v) is 23.9. The van der Waals surface area contributed by atoms with E-state index in [1.165, 1.54) is 35.1 Å². The molecule has 42 heavy (non-hydrogen) atoms. The maximum absolute atomic E-state index is 13.5. The van der Waals surface area contributed by atoms with Crippen LogP contribution in [0.5, 0.6) is 11.5 Å². The molecule has 0 unspecified atom stereocenters. The van der Waals surface area contributed by atoms with Gasteiger partial charge in [0, 0.05) is 17.8 Å². The highest BCUT2D eigenvalue weighted by Gasteiger charge is 2.32. The number of thiazole rings is 1. The zero-order chi connectivity index (χ0) is 29.8. The van der Waals surface area contributed by atoms with Crippen molar-refractivity contribution in [2.45, 2.75) is 26.5 Å². The molecular weight excluding hydrogens is 558 g/mol. The van der Waals surface area contributed by atoms with Gasteiger partial charge in [0.1, 0.15) is 12.6 Å². The fourth-order valence-corrected chi connectivity index (χ4v) is 5.65. The molecule has 214 valence electrons. The third-order valence-electron chi connectivity index (χ3n) is 6.68. The zero-order valence-electron chi connectivity index (χ0n) is 23.1. The van der Waals surface area contributed by atoms with Gasteiger partial charge in [-0.15, -0.1) is 0 Å². The van der Waals surface area contributed by atoms with Gasteiger partial charge in [-0.05, 0) is 60.9 Å². The number of non-ortho nitro benzene ring substituents is 1. The number of ether oxygens (including phenoxy) is 3.